The highest BCUT2D eigenvalue weighted by atomic mass is 35.5. The van der Waals surface area contributed by atoms with E-state index in [1.165, 1.54) is 0 Å². The van der Waals surface area contributed by atoms with Crippen LogP contribution in [0.15, 0.2) is 36.4 Å². The van der Waals surface area contributed by atoms with Crippen LogP contribution in [0.1, 0.15) is 17.2 Å². The zero-order valence-corrected chi connectivity index (χ0v) is 10.6. The first kappa shape index (κ1) is 13.9. The maximum Gasteiger partial charge on any atom is 0.133 e. The Morgan fingerprint density at radius 3 is 2.21 bits per heavy atom. The molecule has 0 aliphatic rings. The molecule has 5 heteroatoms. The second-order valence-electron chi connectivity index (χ2n) is 4.19. The van der Waals surface area contributed by atoms with Gasteiger partial charge >= 0.3 is 0 Å². The SMILES string of the molecule is NC(Cc1ccccc1Cl)c1c(F)cc(F)cc1F. The summed E-state index contributed by atoms with van der Waals surface area (Å²) >= 11 is 5.96. The molecule has 0 saturated heterocycles. The third kappa shape index (κ3) is 3.08. The Kier molecular flexibility index (Phi) is 4.12. The lowest BCUT2D eigenvalue weighted by Gasteiger charge is -2.15. The maximum absolute atomic E-state index is 13.6. The lowest BCUT2D eigenvalue weighted by Crippen LogP contribution is -2.17. The second-order valence-corrected chi connectivity index (χ2v) is 4.59. The fourth-order valence-corrected chi connectivity index (χ4v) is 2.12. The van der Waals surface area contributed by atoms with Crippen molar-refractivity contribution in [2.24, 2.45) is 5.73 Å². The minimum atomic E-state index is -0.989. The van der Waals surface area contributed by atoms with Gasteiger partial charge in [-0.1, -0.05) is 29.8 Å². The van der Waals surface area contributed by atoms with Crippen LogP contribution >= 0.6 is 11.6 Å². The number of nitrogens with two attached hydrogens (primary N) is 1. The normalized spacial score (nSPS) is 12.5. The van der Waals surface area contributed by atoms with Gasteiger partial charge in [-0.2, -0.15) is 0 Å². The predicted octanol–water partition coefficient (Wildman–Crippen LogP) is 4.00. The van der Waals surface area contributed by atoms with E-state index in [4.69, 9.17) is 17.3 Å². The summed E-state index contributed by atoms with van der Waals surface area (Å²) in [6, 6.07) is 7.19. The molecule has 0 saturated carbocycles. The Hall–Kier alpha value is -1.52. The van der Waals surface area contributed by atoms with Gasteiger partial charge < -0.3 is 5.73 Å². The number of hydrogen-bond acceptors (Lipinski definition) is 1. The number of halogens is 4. The van der Waals surface area contributed by atoms with Gasteiger partial charge in [0.2, 0.25) is 0 Å². The highest BCUT2D eigenvalue weighted by Crippen LogP contribution is 2.26. The van der Waals surface area contributed by atoms with Crippen molar-refractivity contribution >= 4 is 11.6 Å². The molecule has 0 heterocycles. The van der Waals surface area contributed by atoms with Crippen LogP contribution in [0.3, 0.4) is 0 Å². The number of hydrogen-bond donors (Lipinski definition) is 1. The van der Waals surface area contributed by atoms with Crippen LogP contribution in [0.4, 0.5) is 13.2 Å². The van der Waals surface area contributed by atoms with Gasteiger partial charge in [-0.05, 0) is 18.1 Å². The molecule has 0 bridgehead atoms. The number of rotatable bonds is 3. The molecule has 100 valence electrons. The summed E-state index contributed by atoms with van der Waals surface area (Å²) in [5, 5.41) is 0.473. The summed E-state index contributed by atoms with van der Waals surface area (Å²) < 4.78 is 40.0. The second kappa shape index (κ2) is 5.63. The molecule has 2 rings (SSSR count). The van der Waals surface area contributed by atoms with E-state index in [0.717, 1.165) is 0 Å². The molecule has 0 aromatic heterocycles. The van der Waals surface area contributed by atoms with Crippen molar-refractivity contribution in [1.29, 1.82) is 0 Å². The Morgan fingerprint density at radius 2 is 1.63 bits per heavy atom. The van der Waals surface area contributed by atoms with Crippen LogP contribution in [0.25, 0.3) is 0 Å². The van der Waals surface area contributed by atoms with Gasteiger partial charge in [-0.25, -0.2) is 13.2 Å². The summed E-state index contributed by atoms with van der Waals surface area (Å²) in [6.45, 7) is 0. The van der Waals surface area contributed by atoms with Gasteiger partial charge in [0.05, 0.1) is 0 Å². The van der Waals surface area contributed by atoms with Crippen molar-refractivity contribution in [3.8, 4) is 0 Å². The van der Waals surface area contributed by atoms with E-state index in [1.807, 2.05) is 0 Å². The molecule has 0 aliphatic carbocycles. The van der Waals surface area contributed by atoms with Gasteiger partial charge in [0.25, 0.3) is 0 Å². The Bertz CT molecular complexity index is 578. The summed E-state index contributed by atoms with van der Waals surface area (Å²) in [7, 11) is 0. The van der Waals surface area contributed by atoms with E-state index in [2.05, 4.69) is 0 Å². The third-order valence-corrected chi connectivity index (χ3v) is 3.18. The van der Waals surface area contributed by atoms with Gasteiger partial charge in [0, 0.05) is 28.8 Å². The smallest absolute Gasteiger partial charge is 0.133 e. The molecule has 0 amide bonds. The Labute approximate surface area is 113 Å². The molecule has 0 fully saturated rings. The van der Waals surface area contributed by atoms with Crippen LogP contribution in [0, 0.1) is 17.5 Å². The fourth-order valence-electron chi connectivity index (χ4n) is 1.91. The Balaban J connectivity index is 2.31. The lowest BCUT2D eigenvalue weighted by atomic mass is 9.98. The quantitative estimate of drug-likeness (QED) is 0.906. The van der Waals surface area contributed by atoms with Gasteiger partial charge in [0.15, 0.2) is 0 Å². The summed E-state index contributed by atoms with van der Waals surface area (Å²) in [5.41, 5.74) is 6.13. The van der Waals surface area contributed by atoms with Crippen molar-refractivity contribution in [3.63, 3.8) is 0 Å². The van der Waals surface area contributed by atoms with Crippen LogP contribution in [-0.2, 0) is 6.42 Å². The topological polar surface area (TPSA) is 26.0 Å². The molecule has 2 aromatic rings. The first-order valence-electron chi connectivity index (χ1n) is 5.62. The van der Waals surface area contributed by atoms with E-state index >= 15 is 0 Å². The average molecular weight is 286 g/mol. The molecule has 2 N–H and O–H groups in total. The van der Waals surface area contributed by atoms with Crippen molar-refractivity contribution in [1.82, 2.24) is 0 Å². The molecular formula is C14H11ClF3N. The van der Waals surface area contributed by atoms with Crippen molar-refractivity contribution in [2.45, 2.75) is 12.5 Å². The summed E-state index contributed by atoms with van der Waals surface area (Å²) in [6.07, 6.45) is 0.166. The molecule has 19 heavy (non-hydrogen) atoms. The monoisotopic (exact) mass is 285 g/mol. The predicted molar refractivity (Wildman–Crippen MR) is 68.4 cm³/mol. The van der Waals surface area contributed by atoms with Crippen LogP contribution in [0.2, 0.25) is 5.02 Å². The first-order valence-corrected chi connectivity index (χ1v) is 6.00. The molecule has 0 aliphatic heterocycles. The maximum atomic E-state index is 13.6. The standard InChI is InChI=1S/C14H11ClF3N/c15-10-4-2-1-3-8(10)5-13(19)14-11(17)6-9(16)7-12(14)18/h1-4,6-7,13H,5,19H2. The van der Waals surface area contributed by atoms with Gasteiger partial charge in [-0.3, -0.25) is 0 Å². The number of benzene rings is 2. The molecule has 0 radical (unpaired) electrons. The van der Waals surface area contributed by atoms with E-state index < -0.39 is 23.5 Å². The minimum absolute atomic E-state index is 0.166. The molecule has 1 nitrogen and oxygen atoms in total. The van der Waals surface area contributed by atoms with E-state index in [0.29, 0.717) is 22.7 Å². The summed E-state index contributed by atoms with van der Waals surface area (Å²) in [4.78, 5) is 0. The molecule has 1 atom stereocenters. The third-order valence-electron chi connectivity index (χ3n) is 2.81. The summed E-state index contributed by atoms with van der Waals surface area (Å²) in [5.74, 6) is -2.95. The lowest BCUT2D eigenvalue weighted by molar-refractivity contribution is 0.501. The molecule has 1 unspecified atom stereocenters. The van der Waals surface area contributed by atoms with Gasteiger partial charge in [0.1, 0.15) is 17.5 Å². The van der Waals surface area contributed by atoms with Crippen LogP contribution < -0.4 is 5.73 Å². The highest BCUT2D eigenvalue weighted by Gasteiger charge is 2.19. The largest absolute Gasteiger partial charge is 0.323 e. The highest BCUT2D eigenvalue weighted by molar-refractivity contribution is 6.31. The molecule has 2 aromatic carbocycles. The average Bonchev–Trinajstić information content (AvgIpc) is 2.30. The fraction of sp³-hybridized carbons (Fsp3) is 0.143. The van der Waals surface area contributed by atoms with Crippen molar-refractivity contribution < 1.29 is 13.2 Å². The minimum Gasteiger partial charge on any atom is -0.323 e. The van der Waals surface area contributed by atoms with E-state index in [9.17, 15) is 13.2 Å². The Morgan fingerprint density at radius 1 is 1.05 bits per heavy atom. The first-order chi connectivity index (χ1) is 8.99. The van der Waals surface area contributed by atoms with Crippen molar-refractivity contribution in [3.05, 3.63) is 70.0 Å². The molecule has 0 spiro atoms. The van der Waals surface area contributed by atoms with Crippen LogP contribution in [0.5, 0.6) is 0 Å². The van der Waals surface area contributed by atoms with Crippen molar-refractivity contribution in [2.75, 3.05) is 0 Å². The van der Waals surface area contributed by atoms with Crippen LogP contribution in [-0.4, -0.2) is 0 Å². The zero-order chi connectivity index (χ0) is 14.0. The van der Waals surface area contributed by atoms with E-state index in [-0.39, 0.29) is 12.0 Å². The van der Waals surface area contributed by atoms with Gasteiger partial charge in [-0.15, -0.1) is 0 Å². The van der Waals surface area contributed by atoms with E-state index in [1.54, 1.807) is 24.3 Å². The molecular weight excluding hydrogens is 275 g/mol. The zero-order valence-electron chi connectivity index (χ0n) is 9.84.